The Kier molecular flexibility index (Phi) is 4.63. The fourth-order valence-electron chi connectivity index (χ4n) is 3.10. The predicted octanol–water partition coefficient (Wildman–Crippen LogP) is 4.70. The maximum atomic E-state index is 10.6. The second-order valence-electron chi connectivity index (χ2n) is 5.08. The molecule has 3 unspecified atom stereocenters. The van der Waals surface area contributed by atoms with Crippen LogP contribution in [0.25, 0.3) is 0 Å². The fraction of sp³-hybridized carbons (Fsp3) is 0.600. The number of halogens is 1. The summed E-state index contributed by atoms with van der Waals surface area (Å²) in [7, 11) is 0. The summed E-state index contributed by atoms with van der Waals surface area (Å²) in [5, 5.41) is 10.6. The van der Waals surface area contributed by atoms with E-state index in [9.17, 15) is 5.11 Å². The number of hydrogen-bond acceptors (Lipinski definition) is 1. The van der Waals surface area contributed by atoms with Crippen molar-refractivity contribution < 1.29 is 5.11 Å². The number of aliphatic hydroxyl groups excluding tert-OH is 1. The first kappa shape index (κ1) is 13.1. The molecule has 1 nitrogen and oxygen atoms in total. The molecule has 0 radical (unpaired) electrons. The Hall–Kier alpha value is -0.340. The van der Waals surface area contributed by atoms with Crippen molar-refractivity contribution in [1.82, 2.24) is 0 Å². The molecule has 17 heavy (non-hydrogen) atoms. The molecule has 0 bridgehead atoms. The third kappa shape index (κ3) is 2.92. The summed E-state index contributed by atoms with van der Waals surface area (Å²) < 4.78 is 1.04. The van der Waals surface area contributed by atoms with Gasteiger partial charge in [0, 0.05) is 4.47 Å². The van der Waals surface area contributed by atoms with Crippen molar-refractivity contribution in [2.24, 2.45) is 11.8 Å². The molecule has 1 aliphatic rings. The highest BCUT2D eigenvalue weighted by atomic mass is 79.9. The zero-order chi connectivity index (χ0) is 12.3. The average molecular weight is 297 g/mol. The lowest BCUT2D eigenvalue weighted by atomic mass is 9.73. The molecule has 1 aromatic carbocycles. The van der Waals surface area contributed by atoms with Gasteiger partial charge in [0.15, 0.2) is 0 Å². The lowest BCUT2D eigenvalue weighted by Crippen LogP contribution is -2.25. The van der Waals surface area contributed by atoms with E-state index in [-0.39, 0.29) is 6.10 Å². The first-order valence-corrected chi connectivity index (χ1v) is 7.45. The minimum absolute atomic E-state index is 0.309. The van der Waals surface area contributed by atoms with E-state index >= 15 is 0 Å². The molecule has 1 aliphatic carbocycles. The van der Waals surface area contributed by atoms with Crippen LogP contribution < -0.4 is 0 Å². The molecule has 0 spiro atoms. The van der Waals surface area contributed by atoms with Crippen LogP contribution in [-0.4, -0.2) is 5.11 Å². The fourth-order valence-corrected chi connectivity index (χ4v) is 3.62. The summed E-state index contributed by atoms with van der Waals surface area (Å²) >= 11 is 3.55. The van der Waals surface area contributed by atoms with Gasteiger partial charge in [0.1, 0.15) is 0 Å². The Morgan fingerprint density at radius 3 is 2.71 bits per heavy atom. The SMILES string of the molecule is CCC1CCCCC1C(O)c1ccccc1Br. The summed E-state index contributed by atoms with van der Waals surface area (Å²) in [5.41, 5.74) is 1.05. The molecule has 0 saturated heterocycles. The maximum Gasteiger partial charge on any atom is 0.0831 e. The van der Waals surface area contributed by atoms with Crippen LogP contribution in [0.4, 0.5) is 0 Å². The molecule has 0 aromatic heterocycles. The van der Waals surface area contributed by atoms with Crippen LogP contribution in [0.1, 0.15) is 50.7 Å². The third-order valence-electron chi connectivity index (χ3n) is 4.12. The number of benzene rings is 1. The van der Waals surface area contributed by atoms with Gasteiger partial charge >= 0.3 is 0 Å². The quantitative estimate of drug-likeness (QED) is 0.857. The van der Waals surface area contributed by atoms with Gasteiger partial charge in [-0.1, -0.05) is 66.7 Å². The lowest BCUT2D eigenvalue weighted by molar-refractivity contribution is 0.0447. The van der Waals surface area contributed by atoms with Crippen LogP contribution in [0.15, 0.2) is 28.7 Å². The zero-order valence-electron chi connectivity index (χ0n) is 10.4. The summed E-state index contributed by atoms with van der Waals surface area (Å²) in [6.07, 6.45) is 5.92. The van der Waals surface area contributed by atoms with Gasteiger partial charge in [-0.2, -0.15) is 0 Å². The molecule has 0 aliphatic heterocycles. The maximum absolute atomic E-state index is 10.6. The van der Waals surface area contributed by atoms with Crippen molar-refractivity contribution in [1.29, 1.82) is 0 Å². The van der Waals surface area contributed by atoms with Gasteiger partial charge < -0.3 is 5.11 Å². The first-order chi connectivity index (χ1) is 8.24. The molecule has 0 heterocycles. The normalized spacial score (nSPS) is 26.8. The van der Waals surface area contributed by atoms with Gasteiger partial charge in [-0.05, 0) is 29.9 Å². The molecule has 1 aromatic rings. The molecule has 2 rings (SSSR count). The van der Waals surface area contributed by atoms with E-state index in [0.29, 0.717) is 11.8 Å². The molecule has 1 saturated carbocycles. The van der Waals surface area contributed by atoms with Crippen molar-refractivity contribution in [3.05, 3.63) is 34.3 Å². The van der Waals surface area contributed by atoms with Gasteiger partial charge in [-0.15, -0.1) is 0 Å². The van der Waals surface area contributed by atoms with Crippen LogP contribution in [0.2, 0.25) is 0 Å². The Morgan fingerprint density at radius 1 is 1.29 bits per heavy atom. The van der Waals surface area contributed by atoms with E-state index in [0.717, 1.165) is 10.0 Å². The van der Waals surface area contributed by atoms with E-state index < -0.39 is 0 Å². The van der Waals surface area contributed by atoms with Crippen LogP contribution in [-0.2, 0) is 0 Å². The van der Waals surface area contributed by atoms with Gasteiger partial charge in [0.05, 0.1) is 6.10 Å². The van der Waals surface area contributed by atoms with Crippen molar-refractivity contribution >= 4 is 15.9 Å². The molecule has 2 heteroatoms. The summed E-state index contributed by atoms with van der Waals surface area (Å²) in [6.45, 7) is 2.25. The number of rotatable bonds is 3. The Morgan fingerprint density at radius 2 is 2.00 bits per heavy atom. The largest absolute Gasteiger partial charge is 0.388 e. The van der Waals surface area contributed by atoms with E-state index in [1.165, 1.54) is 32.1 Å². The molecule has 1 fully saturated rings. The lowest BCUT2D eigenvalue weighted by Gasteiger charge is -2.34. The van der Waals surface area contributed by atoms with Crippen molar-refractivity contribution in [2.45, 2.75) is 45.1 Å². The summed E-state index contributed by atoms with van der Waals surface area (Å²) in [6, 6.07) is 8.06. The average Bonchev–Trinajstić information content (AvgIpc) is 2.38. The Balaban J connectivity index is 2.18. The summed E-state index contributed by atoms with van der Waals surface area (Å²) in [4.78, 5) is 0. The second-order valence-corrected chi connectivity index (χ2v) is 5.94. The number of hydrogen-bond donors (Lipinski definition) is 1. The van der Waals surface area contributed by atoms with Crippen LogP contribution in [0, 0.1) is 11.8 Å². The smallest absolute Gasteiger partial charge is 0.0831 e. The van der Waals surface area contributed by atoms with Crippen molar-refractivity contribution in [2.75, 3.05) is 0 Å². The third-order valence-corrected chi connectivity index (χ3v) is 4.84. The number of aliphatic hydroxyl groups is 1. The molecule has 0 amide bonds. The van der Waals surface area contributed by atoms with Gasteiger partial charge in [0.2, 0.25) is 0 Å². The van der Waals surface area contributed by atoms with Crippen molar-refractivity contribution in [3.8, 4) is 0 Å². The van der Waals surface area contributed by atoms with Gasteiger partial charge in [-0.25, -0.2) is 0 Å². The molecular formula is C15H21BrO. The Bertz CT molecular complexity index is 364. The second kappa shape index (κ2) is 6.01. The molecule has 3 atom stereocenters. The van der Waals surface area contributed by atoms with Crippen LogP contribution >= 0.6 is 15.9 Å². The highest BCUT2D eigenvalue weighted by molar-refractivity contribution is 9.10. The monoisotopic (exact) mass is 296 g/mol. The molecule has 1 N–H and O–H groups in total. The minimum Gasteiger partial charge on any atom is -0.388 e. The van der Waals surface area contributed by atoms with Crippen LogP contribution in [0.3, 0.4) is 0 Å². The highest BCUT2D eigenvalue weighted by Gasteiger charge is 2.31. The summed E-state index contributed by atoms with van der Waals surface area (Å²) in [5.74, 6) is 1.12. The van der Waals surface area contributed by atoms with E-state index in [2.05, 4.69) is 22.9 Å². The van der Waals surface area contributed by atoms with Gasteiger partial charge in [-0.3, -0.25) is 0 Å². The topological polar surface area (TPSA) is 20.2 Å². The van der Waals surface area contributed by atoms with Crippen molar-refractivity contribution in [3.63, 3.8) is 0 Å². The van der Waals surface area contributed by atoms with E-state index in [4.69, 9.17) is 0 Å². The Labute approximate surface area is 112 Å². The van der Waals surface area contributed by atoms with Gasteiger partial charge in [0.25, 0.3) is 0 Å². The predicted molar refractivity (Wildman–Crippen MR) is 74.8 cm³/mol. The zero-order valence-corrected chi connectivity index (χ0v) is 12.0. The van der Waals surface area contributed by atoms with E-state index in [1.807, 2.05) is 24.3 Å². The molecular weight excluding hydrogens is 276 g/mol. The standard InChI is InChI=1S/C15H21BrO/c1-2-11-7-3-4-8-12(11)15(17)13-9-5-6-10-14(13)16/h5-6,9-12,15,17H,2-4,7-8H2,1H3. The first-order valence-electron chi connectivity index (χ1n) is 6.66. The highest BCUT2D eigenvalue weighted by Crippen LogP contribution is 2.41. The molecule has 94 valence electrons. The van der Waals surface area contributed by atoms with Crippen LogP contribution in [0.5, 0.6) is 0 Å². The minimum atomic E-state index is -0.309. The van der Waals surface area contributed by atoms with E-state index in [1.54, 1.807) is 0 Å².